The largest absolute Gasteiger partial charge is 0.337 e. The first-order chi connectivity index (χ1) is 11.6. The van der Waals surface area contributed by atoms with Gasteiger partial charge < -0.3 is 4.90 Å². The third-order valence-electron chi connectivity index (χ3n) is 5.28. The molecule has 0 spiro atoms. The second-order valence-electron chi connectivity index (χ2n) is 6.93. The van der Waals surface area contributed by atoms with Gasteiger partial charge in [-0.05, 0) is 57.9 Å². The highest BCUT2D eigenvalue weighted by molar-refractivity contribution is 8.00. The number of piperidine rings is 1. The molecule has 3 heterocycles. The average Bonchev–Trinajstić information content (AvgIpc) is 3.13. The molecule has 1 saturated heterocycles. The molecule has 1 fully saturated rings. The van der Waals surface area contributed by atoms with Crippen LogP contribution in [0.5, 0.6) is 0 Å². The Morgan fingerprint density at radius 1 is 1.25 bits per heavy atom. The molecular weight excluding hydrogens is 338 g/mol. The lowest BCUT2D eigenvalue weighted by Gasteiger charge is -2.39. The predicted octanol–water partition coefficient (Wildman–Crippen LogP) is 4.06. The van der Waals surface area contributed by atoms with Gasteiger partial charge in [-0.2, -0.15) is 0 Å². The third-order valence-corrected chi connectivity index (χ3v) is 7.45. The lowest BCUT2D eigenvalue weighted by Crippen LogP contribution is -2.48. The van der Waals surface area contributed by atoms with Crippen molar-refractivity contribution in [3.05, 3.63) is 16.8 Å². The van der Waals surface area contributed by atoms with Crippen LogP contribution in [0.4, 0.5) is 0 Å². The number of thioether (sulfide) groups is 1. The summed E-state index contributed by atoms with van der Waals surface area (Å²) in [4.78, 5) is 26.4. The number of likely N-dealkylation sites (tertiary alicyclic amines) is 1. The molecule has 0 saturated carbocycles. The molecule has 2 aromatic heterocycles. The fraction of sp³-hybridized carbons (Fsp3) is 0.611. The van der Waals surface area contributed by atoms with Crippen LogP contribution in [0.3, 0.4) is 0 Å². The van der Waals surface area contributed by atoms with Crippen molar-refractivity contribution in [3.63, 3.8) is 0 Å². The Balaban J connectivity index is 1.54. The van der Waals surface area contributed by atoms with Crippen LogP contribution >= 0.6 is 23.1 Å². The first-order valence-electron chi connectivity index (χ1n) is 8.84. The van der Waals surface area contributed by atoms with E-state index in [0.717, 1.165) is 29.1 Å². The van der Waals surface area contributed by atoms with Gasteiger partial charge in [0.15, 0.2) is 0 Å². The first-order valence-corrected chi connectivity index (χ1v) is 10.6. The second-order valence-corrected chi connectivity index (χ2v) is 8.98. The average molecular weight is 362 g/mol. The standard InChI is InChI=1S/C18H23N3OS2/c1-11-5-3-6-12(2)21(11)15(22)9-23-17-16-13-7-4-8-14(13)24-18(16)20-10-19-17/h10-12H,3-9H2,1-2H3/t11-,12-/m0/s1. The van der Waals surface area contributed by atoms with Gasteiger partial charge in [0.2, 0.25) is 5.91 Å². The molecule has 1 amide bonds. The van der Waals surface area contributed by atoms with Gasteiger partial charge in [-0.15, -0.1) is 11.3 Å². The van der Waals surface area contributed by atoms with Gasteiger partial charge in [0.1, 0.15) is 16.2 Å². The van der Waals surface area contributed by atoms with E-state index in [1.165, 1.54) is 35.1 Å². The molecule has 4 nitrogen and oxygen atoms in total. The summed E-state index contributed by atoms with van der Waals surface area (Å²) in [5.41, 5.74) is 1.44. The van der Waals surface area contributed by atoms with Crippen molar-refractivity contribution in [2.24, 2.45) is 0 Å². The van der Waals surface area contributed by atoms with Crippen molar-refractivity contribution in [1.29, 1.82) is 0 Å². The summed E-state index contributed by atoms with van der Waals surface area (Å²) in [5.74, 6) is 0.726. The van der Waals surface area contributed by atoms with Crippen molar-refractivity contribution in [1.82, 2.24) is 14.9 Å². The highest BCUT2D eigenvalue weighted by Gasteiger charge is 2.29. The second kappa shape index (κ2) is 6.64. The van der Waals surface area contributed by atoms with E-state index in [0.29, 0.717) is 17.8 Å². The van der Waals surface area contributed by atoms with Crippen LogP contribution in [0.15, 0.2) is 11.4 Å². The zero-order valence-corrected chi connectivity index (χ0v) is 15.9. The number of carbonyl (C=O) groups is 1. The Morgan fingerprint density at radius 3 is 2.83 bits per heavy atom. The monoisotopic (exact) mass is 361 g/mol. The molecule has 128 valence electrons. The number of nitrogens with zero attached hydrogens (tertiary/aromatic N) is 3. The first kappa shape index (κ1) is 16.3. The number of hydrogen-bond acceptors (Lipinski definition) is 5. The summed E-state index contributed by atoms with van der Waals surface area (Å²) in [5, 5.41) is 2.21. The van der Waals surface area contributed by atoms with Gasteiger partial charge in [0, 0.05) is 22.3 Å². The number of hydrogen-bond donors (Lipinski definition) is 0. The topological polar surface area (TPSA) is 46.1 Å². The number of thiophene rings is 1. The number of aromatic nitrogens is 2. The van der Waals surface area contributed by atoms with Crippen molar-refractivity contribution in [3.8, 4) is 0 Å². The van der Waals surface area contributed by atoms with E-state index >= 15 is 0 Å². The Hall–Kier alpha value is -1.14. The van der Waals surface area contributed by atoms with Gasteiger partial charge in [-0.1, -0.05) is 11.8 Å². The van der Waals surface area contributed by atoms with Gasteiger partial charge in [0.05, 0.1) is 5.75 Å². The fourth-order valence-electron chi connectivity index (χ4n) is 4.13. The SMILES string of the molecule is C[C@H]1CCC[C@H](C)N1C(=O)CSc1ncnc2sc3c(c12)CCC3. The smallest absolute Gasteiger partial charge is 0.233 e. The van der Waals surface area contributed by atoms with E-state index in [1.54, 1.807) is 29.4 Å². The van der Waals surface area contributed by atoms with E-state index in [1.807, 2.05) is 0 Å². The van der Waals surface area contributed by atoms with E-state index in [2.05, 4.69) is 28.7 Å². The molecule has 2 aromatic rings. The van der Waals surface area contributed by atoms with Gasteiger partial charge >= 0.3 is 0 Å². The van der Waals surface area contributed by atoms with Crippen LogP contribution < -0.4 is 0 Å². The van der Waals surface area contributed by atoms with Crippen molar-refractivity contribution < 1.29 is 4.79 Å². The molecule has 0 bridgehead atoms. The minimum Gasteiger partial charge on any atom is -0.337 e. The van der Waals surface area contributed by atoms with Crippen LogP contribution in [0.1, 0.15) is 50.0 Å². The van der Waals surface area contributed by atoms with Crippen LogP contribution in [0, 0.1) is 0 Å². The normalized spacial score (nSPS) is 23.7. The molecule has 0 radical (unpaired) electrons. The summed E-state index contributed by atoms with van der Waals surface area (Å²) in [6.45, 7) is 4.35. The summed E-state index contributed by atoms with van der Waals surface area (Å²) >= 11 is 3.39. The summed E-state index contributed by atoms with van der Waals surface area (Å²) < 4.78 is 0. The molecule has 0 aromatic carbocycles. The maximum Gasteiger partial charge on any atom is 0.233 e. The minimum atomic E-state index is 0.248. The molecule has 0 unspecified atom stereocenters. The molecule has 1 aliphatic heterocycles. The number of fused-ring (bicyclic) bond motifs is 3. The molecular formula is C18H23N3OS2. The van der Waals surface area contributed by atoms with Crippen LogP contribution in [-0.2, 0) is 17.6 Å². The highest BCUT2D eigenvalue weighted by Crippen LogP contribution is 2.40. The molecule has 4 rings (SSSR count). The van der Waals surface area contributed by atoms with Gasteiger partial charge in [0.25, 0.3) is 0 Å². The Kier molecular flexibility index (Phi) is 4.52. The molecule has 1 aliphatic carbocycles. The maximum absolute atomic E-state index is 12.8. The summed E-state index contributed by atoms with van der Waals surface area (Å²) in [7, 11) is 0. The van der Waals surface area contributed by atoms with Crippen LogP contribution in [0.25, 0.3) is 10.2 Å². The third kappa shape index (κ3) is 2.84. The van der Waals surface area contributed by atoms with Crippen molar-refractivity contribution >= 4 is 39.2 Å². The quantitative estimate of drug-likeness (QED) is 0.611. The van der Waals surface area contributed by atoms with E-state index in [-0.39, 0.29) is 5.91 Å². The maximum atomic E-state index is 12.8. The summed E-state index contributed by atoms with van der Waals surface area (Å²) in [6.07, 6.45) is 8.65. The van der Waals surface area contributed by atoms with Crippen molar-refractivity contribution in [2.45, 2.75) is 69.5 Å². The Bertz CT molecular complexity index is 763. The van der Waals surface area contributed by atoms with Crippen LogP contribution in [-0.4, -0.2) is 38.6 Å². The van der Waals surface area contributed by atoms with Gasteiger partial charge in [-0.3, -0.25) is 4.79 Å². The highest BCUT2D eigenvalue weighted by atomic mass is 32.2. The molecule has 24 heavy (non-hydrogen) atoms. The zero-order chi connectivity index (χ0) is 16.7. The predicted molar refractivity (Wildman–Crippen MR) is 99.8 cm³/mol. The molecule has 2 atom stereocenters. The minimum absolute atomic E-state index is 0.248. The summed E-state index contributed by atoms with van der Waals surface area (Å²) in [6, 6.07) is 0.718. The van der Waals surface area contributed by atoms with E-state index in [4.69, 9.17) is 0 Å². The fourth-order valence-corrected chi connectivity index (χ4v) is 6.32. The van der Waals surface area contributed by atoms with E-state index in [9.17, 15) is 4.79 Å². The van der Waals surface area contributed by atoms with Crippen LogP contribution in [0.2, 0.25) is 0 Å². The van der Waals surface area contributed by atoms with E-state index < -0.39 is 0 Å². The van der Waals surface area contributed by atoms with Crippen molar-refractivity contribution in [2.75, 3.05) is 5.75 Å². The number of rotatable bonds is 3. The molecule has 0 N–H and O–H groups in total. The molecule has 2 aliphatic rings. The lowest BCUT2D eigenvalue weighted by molar-refractivity contribution is -0.134. The number of amides is 1. The lowest BCUT2D eigenvalue weighted by atomic mass is 9.98. The molecule has 6 heteroatoms. The Morgan fingerprint density at radius 2 is 2.04 bits per heavy atom. The zero-order valence-electron chi connectivity index (χ0n) is 14.2. The number of aryl methyl sites for hydroxylation is 2. The van der Waals surface area contributed by atoms with Gasteiger partial charge in [-0.25, -0.2) is 9.97 Å². The Labute approximate surface area is 151 Å². The number of carbonyl (C=O) groups excluding carboxylic acids is 1.